The Kier molecular flexibility index (Phi) is 4.83. The number of carboxylic acid groups (broad SMARTS) is 1. The van der Waals surface area contributed by atoms with Crippen molar-refractivity contribution in [1.82, 2.24) is 0 Å². The largest absolute Gasteiger partial charge is 0.480 e. The number of fused-ring (bicyclic) bond motifs is 3. The van der Waals surface area contributed by atoms with E-state index in [1.165, 1.54) is 5.56 Å². The number of carboxylic acids is 1. The highest BCUT2D eigenvalue weighted by Gasteiger charge is 2.49. The van der Waals surface area contributed by atoms with Crippen molar-refractivity contribution >= 4 is 17.3 Å². The van der Waals surface area contributed by atoms with E-state index in [-0.39, 0.29) is 0 Å². The van der Waals surface area contributed by atoms with Crippen molar-refractivity contribution in [3.63, 3.8) is 0 Å². The quantitative estimate of drug-likeness (QED) is 0.651. The topological polar surface area (TPSA) is 72.5 Å². The molecule has 4 rings (SSSR count). The number of ether oxygens (including phenoxy) is 1. The minimum Gasteiger partial charge on any atom is -0.480 e. The normalized spacial score (nSPS) is 16.2. The first kappa shape index (κ1) is 18.9. The molecule has 5 heteroatoms. The Balaban J connectivity index is 2.01. The Morgan fingerprint density at radius 1 is 1.11 bits per heavy atom. The molecule has 0 bridgehead atoms. The average Bonchev–Trinajstić information content (AvgIpc) is 3.30. The van der Waals surface area contributed by atoms with Crippen molar-refractivity contribution in [2.24, 2.45) is 5.73 Å². The lowest BCUT2D eigenvalue weighted by atomic mass is 9.86. The van der Waals surface area contributed by atoms with E-state index < -0.39 is 23.7 Å². The van der Waals surface area contributed by atoms with Crippen LogP contribution in [0.4, 0.5) is 0 Å². The molecule has 0 radical (unpaired) electrons. The minimum atomic E-state index is -1.11. The lowest BCUT2D eigenvalue weighted by Gasteiger charge is -2.36. The second-order valence-corrected chi connectivity index (χ2v) is 8.00. The Bertz CT molecular complexity index is 980. The van der Waals surface area contributed by atoms with Crippen molar-refractivity contribution < 1.29 is 14.6 Å². The molecule has 0 saturated carbocycles. The predicted molar refractivity (Wildman–Crippen MR) is 112 cm³/mol. The molecule has 1 aliphatic rings. The van der Waals surface area contributed by atoms with Gasteiger partial charge in [0.15, 0.2) is 5.60 Å². The molecule has 0 saturated heterocycles. The van der Waals surface area contributed by atoms with E-state index in [2.05, 4.69) is 42.6 Å². The Labute approximate surface area is 168 Å². The third kappa shape index (κ3) is 2.70. The number of hydrogen-bond acceptors (Lipinski definition) is 4. The highest BCUT2D eigenvalue weighted by Crippen LogP contribution is 2.55. The maximum atomic E-state index is 11.5. The van der Waals surface area contributed by atoms with E-state index in [9.17, 15) is 9.90 Å². The van der Waals surface area contributed by atoms with Gasteiger partial charge in [-0.3, -0.25) is 4.79 Å². The van der Waals surface area contributed by atoms with Crippen LogP contribution in [0.2, 0.25) is 0 Å². The number of nitrogens with two attached hydrogens (primary N) is 1. The first-order chi connectivity index (χ1) is 13.5. The van der Waals surface area contributed by atoms with Crippen LogP contribution < -0.4 is 5.73 Å². The summed E-state index contributed by atoms with van der Waals surface area (Å²) in [6.45, 7) is 3.86. The molecule has 0 aliphatic heterocycles. The number of benzene rings is 2. The second kappa shape index (κ2) is 7.17. The molecule has 1 aliphatic carbocycles. The highest BCUT2D eigenvalue weighted by atomic mass is 32.1. The van der Waals surface area contributed by atoms with Gasteiger partial charge in [-0.25, -0.2) is 0 Å². The third-order valence-electron chi connectivity index (χ3n) is 5.50. The summed E-state index contributed by atoms with van der Waals surface area (Å²) < 4.78 is 6.67. The van der Waals surface area contributed by atoms with Crippen LogP contribution >= 0.6 is 11.3 Å². The number of carbonyl (C=O) groups is 1. The molecule has 144 valence electrons. The van der Waals surface area contributed by atoms with Gasteiger partial charge >= 0.3 is 5.97 Å². The summed E-state index contributed by atoms with van der Waals surface area (Å²) in [5.74, 6) is -1.07. The summed E-state index contributed by atoms with van der Waals surface area (Å²) in [6, 6.07) is 17.4. The lowest BCUT2D eigenvalue weighted by molar-refractivity contribution is -0.144. The molecule has 28 heavy (non-hydrogen) atoms. The lowest BCUT2D eigenvalue weighted by Crippen LogP contribution is -2.46. The fraction of sp³-hybridized carbons (Fsp3) is 0.261. The van der Waals surface area contributed by atoms with Gasteiger partial charge in [-0.1, -0.05) is 55.5 Å². The van der Waals surface area contributed by atoms with Crippen LogP contribution in [-0.2, 0) is 21.6 Å². The fourth-order valence-electron chi connectivity index (χ4n) is 4.10. The first-order valence-electron chi connectivity index (χ1n) is 9.43. The molecule has 0 spiro atoms. The molecule has 1 aromatic heterocycles. The van der Waals surface area contributed by atoms with E-state index in [1.54, 1.807) is 18.3 Å². The minimum absolute atomic E-state index is 0.677. The summed E-state index contributed by atoms with van der Waals surface area (Å²) in [5.41, 5.74) is 10.6. The molecule has 0 amide bonds. The summed E-state index contributed by atoms with van der Waals surface area (Å²) in [6.07, 6.45) is 0.191. The van der Waals surface area contributed by atoms with Gasteiger partial charge in [0.2, 0.25) is 0 Å². The molecular weight excluding hydrogens is 370 g/mol. The number of rotatable bonds is 6. The molecule has 0 fully saturated rings. The van der Waals surface area contributed by atoms with E-state index >= 15 is 0 Å². The molecule has 3 aromatic rings. The molecular formula is C23H23NO3S. The summed E-state index contributed by atoms with van der Waals surface area (Å²) in [7, 11) is 0. The second-order valence-electron chi connectivity index (χ2n) is 7.09. The Morgan fingerprint density at radius 2 is 1.68 bits per heavy atom. The SMILES string of the molecule is CCc1ccsc1C1(O[C@H](C)[C@H](N)C(=O)O)c2ccccc2-c2ccccc21. The maximum absolute atomic E-state index is 11.5. The zero-order valence-corrected chi connectivity index (χ0v) is 16.7. The molecule has 4 nitrogen and oxygen atoms in total. The zero-order chi connectivity index (χ0) is 19.9. The van der Waals surface area contributed by atoms with Crippen LogP contribution in [0.3, 0.4) is 0 Å². The van der Waals surface area contributed by atoms with Crippen LogP contribution in [0.5, 0.6) is 0 Å². The fourth-order valence-corrected chi connectivity index (χ4v) is 5.26. The van der Waals surface area contributed by atoms with E-state index in [1.807, 2.05) is 24.3 Å². The van der Waals surface area contributed by atoms with Crippen molar-refractivity contribution in [2.45, 2.75) is 38.0 Å². The van der Waals surface area contributed by atoms with Gasteiger partial charge in [0.1, 0.15) is 6.04 Å². The predicted octanol–water partition coefficient (Wildman–Crippen LogP) is 4.40. The van der Waals surface area contributed by atoms with Crippen LogP contribution in [0.1, 0.15) is 35.4 Å². The number of thiophene rings is 1. The number of hydrogen-bond donors (Lipinski definition) is 2. The van der Waals surface area contributed by atoms with E-state index in [4.69, 9.17) is 10.5 Å². The average molecular weight is 394 g/mol. The molecule has 2 aromatic carbocycles. The van der Waals surface area contributed by atoms with Gasteiger partial charge < -0.3 is 15.6 Å². The van der Waals surface area contributed by atoms with Crippen LogP contribution in [0.15, 0.2) is 60.0 Å². The standard InChI is InChI=1S/C23H23NO3S/c1-3-15-12-13-28-21(15)23(27-14(2)20(24)22(25)26)18-10-6-4-8-16(18)17-9-5-7-11-19(17)23/h4-14,20H,3,24H2,1-2H3,(H,25,26)/t14-,20+/m1/s1. The van der Waals surface area contributed by atoms with Gasteiger partial charge in [-0.05, 0) is 41.5 Å². The number of aryl methyl sites for hydroxylation is 1. The van der Waals surface area contributed by atoms with E-state index in [0.29, 0.717) is 0 Å². The van der Waals surface area contributed by atoms with Crippen molar-refractivity contribution in [3.8, 4) is 11.1 Å². The first-order valence-corrected chi connectivity index (χ1v) is 10.3. The summed E-state index contributed by atoms with van der Waals surface area (Å²) in [5, 5.41) is 11.5. The van der Waals surface area contributed by atoms with Crippen LogP contribution in [0.25, 0.3) is 11.1 Å². The van der Waals surface area contributed by atoms with Gasteiger partial charge in [0, 0.05) is 16.0 Å². The van der Waals surface area contributed by atoms with Gasteiger partial charge in [-0.2, -0.15) is 0 Å². The van der Waals surface area contributed by atoms with Crippen LogP contribution in [-0.4, -0.2) is 23.2 Å². The maximum Gasteiger partial charge on any atom is 0.323 e. The third-order valence-corrected chi connectivity index (χ3v) is 6.56. The molecule has 0 unspecified atom stereocenters. The van der Waals surface area contributed by atoms with Crippen LogP contribution in [0, 0.1) is 0 Å². The number of aliphatic carboxylic acids is 1. The van der Waals surface area contributed by atoms with E-state index in [0.717, 1.165) is 33.6 Å². The van der Waals surface area contributed by atoms with Gasteiger partial charge in [0.25, 0.3) is 0 Å². The summed E-state index contributed by atoms with van der Waals surface area (Å²) >= 11 is 1.65. The van der Waals surface area contributed by atoms with Crippen molar-refractivity contribution in [2.75, 3.05) is 0 Å². The molecule has 2 atom stereocenters. The molecule has 3 N–H and O–H groups in total. The van der Waals surface area contributed by atoms with Crippen molar-refractivity contribution in [1.29, 1.82) is 0 Å². The monoisotopic (exact) mass is 393 g/mol. The van der Waals surface area contributed by atoms with Gasteiger partial charge in [0.05, 0.1) is 6.10 Å². The molecule has 1 heterocycles. The smallest absolute Gasteiger partial charge is 0.323 e. The summed E-state index contributed by atoms with van der Waals surface area (Å²) in [4.78, 5) is 12.6. The zero-order valence-electron chi connectivity index (χ0n) is 15.9. The Morgan fingerprint density at radius 3 is 2.21 bits per heavy atom. The van der Waals surface area contributed by atoms with Gasteiger partial charge in [-0.15, -0.1) is 11.3 Å². The Hall–Kier alpha value is -2.47. The van der Waals surface area contributed by atoms with Crippen molar-refractivity contribution in [3.05, 3.63) is 81.5 Å². The highest BCUT2D eigenvalue weighted by molar-refractivity contribution is 7.10.